The third kappa shape index (κ3) is 3.01. The van der Waals surface area contributed by atoms with Crippen molar-refractivity contribution in [1.29, 1.82) is 0 Å². The highest BCUT2D eigenvalue weighted by atomic mass is 35.5. The smallest absolute Gasteiger partial charge is 0.161 e. The molecule has 2 aromatic rings. The highest BCUT2D eigenvalue weighted by Crippen LogP contribution is 2.59. The molecule has 1 unspecified atom stereocenters. The van der Waals surface area contributed by atoms with Gasteiger partial charge in [0.25, 0.3) is 0 Å². The van der Waals surface area contributed by atoms with Crippen LogP contribution in [0.5, 0.6) is 11.5 Å². The fourth-order valence-corrected chi connectivity index (χ4v) is 5.77. The summed E-state index contributed by atoms with van der Waals surface area (Å²) in [6.07, 6.45) is 6.43. The lowest BCUT2D eigenvalue weighted by atomic mass is 9.53. The van der Waals surface area contributed by atoms with Crippen LogP contribution in [-0.4, -0.2) is 20.9 Å². The second-order valence-corrected chi connectivity index (χ2v) is 9.09. The Morgan fingerprint density at radius 3 is 2.36 bits per heavy atom. The molecule has 28 heavy (non-hydrogen) atoms. The average molecular weight is 419 g/mol. The summed E-state index contributed by atoms with van der Waals surface area (Å²) in [5.74, 6) is -0.268. The number of aromatic hydroxyl groups is 2. The monoisotopic (exact) mass is 418 g/mol. The first-order valence-corrected chi connectivity index (χ1v) is 10.4. The van der Waals surface area contributed by atoms with Crippen molar-refractivity contribution in [1.82, 2.24) is 0 Å². The van der Waals surface area contributed by atoms with Gasteiger partial charge < -0.3 is 15.3 Å². The van der Waals surface area contributed by atoms with Crippen molar-refractivity contribution >= 4 is 28.8 Å². The van der Waals surface area contributed by atoms with Gasteiger partial charge in [0.05, 0.1) is 5.60 Å². The summed E-state index contributed by atoms with van der Waals surface area (Å²) in [5.41, 5.74) is 1.89. The number of fused-ring (bicyclic) bond motifs is 1. The van der Waals surface area contributed by atoms with Gasteiger partial charge in [0, 0.05) is 21.0 Å². The highest BCUT2D eigenvalue weighted by Gasteiger charge is 2.55. The maximum atomic E-state index is 11.7. The number of phenols is 2. The van der Waals surface area contributed by atoms with E-state index in [1.54, 1.807) is 6.07 Å². The van der Waals surface area contributed by atoms with Crippen molar-refractivity contribution in [3.8, 4) is 11.5 Å². The van der Waals surface area contributed by atoms with E-state index >= 15 is 0 Å². The van der Waals surface area contributed by atoms with Crippen molar-refractivity contribution in [2.45, 2.75) is 56.5 Å². The molecular formula is C23H24Cl2O3. The maximum Gasteiger partial charge on any atom is 0.161 e. The Balaban J connectivity index is 1.91. The van der Waals surface area contributed by atoms with Crippen molar-refractivity contribution < 1.29 is 15.3 Å². The summed E-state index contributed by atoms with van der Waals surface area (Å²) < 4.78 is 0. The molecular weight excluding hydrogens is 395 g/mol. The lowest BCUT2D eigenvalue weighted by molar-refractivity contribution is -0.0715. The number of halogens is 2. The van der Waals surface area contributed by atoms with E-state index in [1.165, 1.54) is 6.07 Å². The SMILES string of the molecule is Cc1ccc(O)c(O)c1[C@]12CCCCC1(O)CC=C(c1cc(Cl)cc(Cl)c1)C2. The van der Waals surface area contributed by atoms with Crippen LogP contribution in [0.3, 0.4) is 0 Å². The lowest BCUT2D eigenvalue weighted by Crippen LogP contribution is -2.55. The second-order valence-electron chi connectivity index (χ2n) is 8.21. The summed E-state index contributed by atoms with van der Waals surface area (Å²) in [4.78, 5) is 0. The van der Waals surface area contributed by atoms with Crippen LogP contribution in [0.15, 0.2) is 36.4 Å². The largest absolute Gasteiger partial charge is 0.504 e. The van der Waals surface area contributed by atoms with E-state index in [0.29, 0.717) is 34.9 Å². The van der Waals surface area contributed by atoms with Crippen LogP contribution in [0, 0.1) is 6.92 Å². The standard InChI is InChI=1S/C23H24Cl2O3/c1-14-4-5-19(26)21(27)20(14)22-7-2-3-8-23(22,28)9-6-15(13-22)16-10-17(24)12-18(25)11-16/h4-6,10-12,26-28H,2-3,7-9,13H2,1H3/t22-,23?/m1/s1. The first-order valence-electron chi connectivity index (χ1n) is 9.66. The van der Waals surface area contributed by atoms with E-state index in [2.05, 4.69) is 6.08 Å². The minimum absolute atomic E-state index is 0.120. The van der Waals surface area contributed by atoms with Gasteiger partial charge in [0.1, 0.15) is 0 Å². The van der Waals surface area contributed by atoms with Gasteiger partial charge in [-0.1, -0.05) is 48.2 Å². The molecule has 2 atom stereocenters. The van der Waals surface area contributed by atoms with E-state index < -0.39 is 11.0 Å². The minimum Gasteiger partial charge on any atom is -0.504 e. The molecule has 2 aliphatic carbocycles. The van der Waals surface area contributed by atoms with Crippen LogP contribution in [0.2, 0.25) is 10.0 Å². The number of hydrogen-bond acceptors (Lipinski definition) is 3. The van der Waals surface area contributed by atoms with E-state index in [-0.39, 0.29) is 11.5 Å². The number of aliphatic hydroxyl groups is 1. The minimum atomic E-state index is -0.965. The van der Waals surface area contributed by atoms with Gasteiger partial charge in [-0.15, -0.1) is 0 Å². The van der Waals surface area contributed by atoms with E-state index in [0.717, 1.165) is 36.0 Å². The molecule has 148 valence electrons. The summed E-state index contributed by atoms with van der Waals surface area (Å²) in [7, 11) is 0. The Hall–Kier alpha value is -1.68. The van der Waals surface area contributed by atoms with Crippen LogP contribution in [0.25, 0.3) is 5.57 Å². The zero-order valence-electron chi connectivity index (χ0n) is 15.8. The fraction of sp³-hybridized carbons (Fsp3) is 0.391. The number of hydrogen-bond donors (Lipinski definition) is 3. The van der Waals surface area contributed by atoms with Gasteiger partial charge in [-0.2, -0.15) is 0 Å². The predicted octanol–water partition coefficient (Wildman–Crippen LogP) is 6.13. The Morgan fingerprint density at radius 1 is 0.964 bits per heavy atom. The van der Waals surface area contributed by atoms with E-state index in [1.807, 2.05) is 25.1 Å². The zero-order valence-corrected chi connectivity index (χ0v) is 17.3. The van der Waals surface area contributed by atoms with Gasteiger partial charge in [-0.25, -0.2) is 0 Å². The molecule has 1 fully saturated rings. The topological polar surface area (TPSA) is 60.7 Å². The quantitative estimate of drug-likeness (QED) is 0.513. The number of allylic oxidation sites excluding steroid dienone is 1. The highest BCUT2D eigenvalue weighted by molar-refractivity contribution is 6.34. The maximum absolute atomic E-state index is 11.7. The van der Waals surface area contributed by atoms with Crippen LogP contribution < -0.4 is 0 Å². The summed E-state index contributed by atoms with van der Waals surface area (Å²) in [5, 5.41) is 33.9. The Morgan fingerprint density at radius 2 is 1.64 bits per heavy atom. The summed E-state index contributed by atoms with van der Waals surface area (Å²) >= 11 is 12.4. The Bertz CT molecular complexity index is 948. The molecule has 0 heterocycles. The number of rotatable bonds is 2. The van der Waals surface area contributed by atoms with Gasteiger partial charge in [0.2, 0.25) is 0 Å². The van der Waals surface area contributed by atoms with Gasteiger partial charge in [0.15, 0.2) is 11.5 Å². The normalized spacial score (nSPS) is 27.2. The molecule has 0 spiro atoms. The molecule has 0 aromatic heterocycles. The van der Waals surface area contributed by atoms with Gasteiger partial charge in [-0.3, -0.25) is 0 Å². The molecule has 5 heteroatoms. The van der Waals surface area contributed by atoms with E-state index in [4.69, 9.17) is 23.2 Å². The Labute approximate surface area is 175 Å². The third-order valence-electron chi connectivity index (χ3n) is 6.59. The molecule has 0 radical (unpaired) electrons. The molecule has 3 nitrogen and oxygen atoms in total. The molecule has 0 amide bonds. The molecule has 1 saturated carbocycles. The number of phenolic OH excluding ortho intramolecular Hbond substituents is 2. The van der Waals surface area contributed by atoms with Crippen molar-refractivity contribution in [3.05, 3.63) is 63.1 Å². The molecule has 0 saturated heterocycles. The Kier molecular flexibility index (Phi) is 4.89. The lowest BCUT2D eigenvalue weighted by Gasteiger charge is -2.54. The second kappa shape index (κ2) is 6.98. The van der Waals surface area contributed by atoms with Gasteiger partial charge in [-0.05, 0) is 73.6 Å². The molecule has 2 aliphatic rings. The van der Waals surface area contributed by atoms with Crippen molar-refractivity contribution in [2.24, 2.45) is 0 Å². The zero-order chi connectivity index (χ0) is 20.1. The van der Waals surface area contributed by atoms with Gasteiger partial charge >= 0.3 is 0 Å². The fourth-order valence-electron chi connectivity index (χ4n) is 5.25. The summed E-state index contributed by atoms with van der Waals surface area (Å²) in [6, 6.07) is 8.78. The number of aryl methyl sites for hydroxylation is 1. The predicted molar refractivity (Wildman–Crippen MR) is 113 cm³/mol. The third-order valence-corrected chi connectivity index (χ3v) is 7.03. The van der Waals surface area contributed by atoms with Crippen molar-refractivity contribution in [3.63, 3.8) is 0 Å². The molecule has 0 bridgehead atoms. The average Bonchev–Trinajstić information content (AvgIpc) is 2.64. The first-order chi connectivity index (χ1) is 13.3. The van der Waals surface area contributed by atoms with Crippen LogP contribution in [-0.2, 0) is 5.41 Å². The molecule has 0 aliphatic heterocycles. The molecule has 3 N–H and O–H groups in total. The molecule has 4 rings (SSSR count). The number of benzene rings is 2. The first kappa shape index (κ1) is 19.6. The molecule has 2 aromatic carbocycles. The van der Waals surface area contributed by atoms with Crippen LogP contribution >= 0.6 is 23.2 Å². The van der Waals surface area contributed by atoms with Crippen LogP contribution in [0.4, 0.5) is 0 Å². The van der Waals surface area contributed by atoms with Crippen molar-refractivity contribution in [2.75, 3.05) is 0 Å². The van der Waals surface area contributed by atoms with E-state index in [9.17, 15) is 15.3 Å². The van der Waals surface area contributed by atoms with Crippen LogP contribution in [0.1, 0.15) is 55.2 Å². The summed E-state index contributed by atoms with van der Waals surface area (Å²) in [6.45, 7) is 1.92.